The fraction of sp³-hybridized carbons (Fsp3) is 0. The first-order chi connectivity index (χ1) is 57.3. The van der Waals surface area contributed by atoms with Crippen molar-refractivity contribution >= 4 is 314 Å². The van der Waals surface area contributed by atoms with Crippen LogP contribution in [0.25, 0.3) is 117 Å². The van der Waals surface area contributed by atoms with Crippen molar-refractivity contribution < 1.29 is 33.5 Å². The number of benzene rings is 16. The second kappa shape index (κ2) is 38.4. The molecule has 0 unspecified atom stereocenters. The molecule has 22 heteroatoms. The van der Waals surface area contributed by atoms with E-state index in [0.717, 1.165) is 137 Å². The van der Waals surface area contributed by atoms with Crippen LogP contribution >= 0.6 is 167 Å². The van der Waals surface area contributed by atoms with Crippen LogP contribution in [0.2, 0.25) is 25.1 Å². The van der Waals surface area contributed by atoms with Crippen LogP contribution in [0.1, 0.15) is 0 Å². The van der Waals surface area contributed by atoms with E-state index in [1.165, 1.54) is 40.3 Å². The van der Waals surface area contributed by atoms with Crippen molar-refractivity contribution in [2.75, 3.05) is 10.2 Å². The zero-order valence-electron chi connectivity index (χ0n) is 61.5. The van der Waals surface area contributed by atoms with Crippen LogP contribution in [0.15, 0.2) is 371 Å². The van der Waals surface area contributed by atoms with Gasteiger partial charge in [0.25, 0.3) is 0 Å². The Labute approximate surface area is 758 Å². The van der Waals surface area contributed by atoms with Crippen molar-refractivity contribution in [1.29, 1.82) is 0 Å². The van der Waals surface area contributed by atoms with E-state index in [1.54, 1.807) is 54.6 Å². The molecule has 118 heavy (non-hydrogen) atoms. The Kier molecular flexibility index (Phi) is 27.2. The average molecular weight is 2050 g/mol. The van der Waals surface area contributed by atoms with Gasteiger partial charge in [-0.2, -0.15) is 0 Å². The number of nitrogens with one attached hydrogen (secondary N) is 1. The third-order valence-corrected chi connectivity index (χ3v) is 25.5. The molecule has 5 N–H and O–H groups in total. The van der Waals surface area contributed by atoms with E-state index in [-0.39, 0.29) is 5.75 Å². The molecule has 582 valence electrons. The summed E-state index contributed by atoms with van der Waals surface area (Å²) in [5.74, 6) is 0.560. The Bertz CT molecular complexity index is 7080. The first-order valence-electron chi connectivity index (χ1n) is 36.4. The molecule has 0 atom stereocenters. The van der Waals surface area contributed by atoms with Gasteiger partial charge in [-0.3, -0.25) is 0 Å². The summed E-state index contributed by atoms with van der Waals surface area (Å²) in [6, 6.07) is 111. The van der Waals surface area contributed by atoms with E-state index in [2.05, 4.69) is 230 Å². The summed E-state index contributed by atoms with van der Waals surface area (Å²) in [6.45, 7) is 0. The van der Waals surface area contributed by atoms with Crippen LogP contribution < -0.4 is 15.7 Å². The highest BCUT2D eigenvalue weighted by molar-refractivity contribution is 14.1. The van der Waals surface area contributed by atoms with Crippen LogP contribution in [0.5, 0.6) is 11.5 Å². The first kappa shape index (κ1) is 83.7. The number of para-hydroxylation sites is 2. The second-order valence-corrected chi connectivity index (χ2v) is 35.5. The number of nitrogens with zero attached hydrogens (tertiary/aromatic N) is 1. The lowest BCUT2D eigenvalue weighted by molar-refractivity contribution is 0.426. The number of phenolic OH excluding ortho intramolecular Hbond substituents is 2. The molecule has 0 aliphatic carbocycles. The summed E-state index contributed by atoms with van der Waals surface area (Å²) in [5, 5.41) is 54.0. The minimum absolute atomic E-state index is 0.228. The molecule has 0 bridgehead atoms. The number of rotatable bonds is 7. The van der Waals surface area contributed by atoms with E-state index in [9.17, 15) is 5.11 Å². The molecular weight excluding hydrogens is 1990 g/mol. The monoisotopic (exact) mass is 2050 g/mol. The van der Waals surface area contributed by atoms with Crippen LogP contribution in [0.4, 0.5) is 28.4 Å². The largest absolute Gasteiger partial charge is 0.507 e. The molecule has 21 aromatic rings. The van der Waals surface area contributed by atoms with Gasteiger partial charge in [0.1, 0.15) is 45.0 Å². The van der Waals surface area contributed by atoms with Gasteiger partial charge in [-0.05, 0) is 235 Å². The van der Waals surface area contributed by atoms with Crippen molar-refractivity contribution in [1.82, 2.24) is 0 Å². The fourth-order valence-corrected chi connectivity index (χ4v) is 19.2. The van der Waals surface area contributed by atoms with Crippen LogP contribution in [0, 0.1) is 3.57 Å². The Morgan fingerprint density at radius 2 is 0.712 bits per heavy atom. The van der Waals surface area contributed by atoms with Gasteiger partial charge in [-0.1, -0.05) is 249 Å². The van der Waals surface area contributed by atoms with Crippen molar-refractivity contribution in [2.45, 2.75) is 0 Å². The van der Waals surface area contributed by atoms with E-state index in [4.69, 9.17) is 86.4 Å². The van der Waals surface area contributed by atoms with Crippen molar-refractivity contribution in [3.05, 3.63) is 386 Å². The zero-order valence-corrected chi connectivity index (χ0v) is 75.4. The highest BCUT2D eigenvalue weighted by Crippen LogP contribution is 2.45. The van der Waals surface area contributed by atoms with Gasteiger partial charge in [-0.15, -0.1) is 22.7 Å². The third-order valence-electron chi connectivity index (χ3n) is 18.8. The molecule has 0 saturated carbocycles. The highest BCUT2D eigenvalue weighted by Gasteiger charge is 2.20. The van der Waals surface area contributed by atoms with Gasteiger partial charge in [0, 0.05) is 146 Å². The van der Waals surface area contributed by atoms with Gasteiger partial charge < -0.3 is 43.7 Å². The predicted octanol–water partition coefficient (Wildman–Crippen LogP) is 33.1. The lowest BCUT2D eigenvalue weighted by atomic mass is 9.80. The van der Waals surface area contributed by atoms with Gasteiger partial charge >= 0.3 is 7.12 Å². The Morgan fingerprint density at radius 1 is 0.305 bits per heavy atom. The summed E-state index contributed by atoms with van der Waals surface area (Å²) in [5.41, 5.74) is 12.4. The minimum atomic E-state index is -1.48. The molecule has 0 spiro atoms. The predicted molar refractivity (Wildman–Crippen MR) is 524 cm³/mol. The van der Waals surface area contributed by atoms with Crippen LogP contribution in [0.3, 0.4) is 0 Å². The number of aromatic hydroxyl groups is 2. The van der Waals surface area contributed by atoms with Gasteiger partial charge in [0.2, 0.25) is 0 Å². The fourth-order valence-electron chi connectivity index (χ4n) is 13.4. The third kappa shape index (κ3) is 19.4. The first-order valence-corrected chi connectivity index (χ1v) is 44.2. The molecule has 0 aliphatic heterocycles. The van der Waals surface area contributed by atoms with E-state index in [0.29, 0.717) is 26.3 Å². The maximum absolute atomic E-state index is 9.73. The number of hydrogen-bond donors (Lipinski definition) is 5. The zero-order chi connectivity index (χ0) is 82.1. The van der Waals surface area contributed by atoms with Crippen molar-refractivity contribution in [2.24, 2.45) is 0 Å². The quantitative estimate of drug-likeness (QED) is 0.0781. The van der Waals surface area contributed by atoms with Gasteiger partial charge in [0.15, 0.2) is 0 Å². The molecule has 5 aromatic heterocycles. The van der Waals surface area contributed by atoms with E-state index in [1.807, 2.05) is 174 Å². The highest BCUT2D eigenvalue weighted by atomic mass is 127. The lowest BCUT2D eigenvalue weighted by Crippen LogP contribution is -2.30. The normalized spacial score (nSPS) is 10.9. The number of phenols is 2. The van der Waals surface area contributed by atoms with E-state index >= 15 is 0 Å². The van der Waals surface area contributed by atoms with Crippen LogP contribution in [-0.4, -0.2) is 27.4 Å². The van der Waals surface area contributed by atoms with Gasteiger partial charge in [-0.25, -0.2) is 0 Å². The molecule has 0 aliphatic rings. The summed E-state index contributed by atoms with van der Waals surface area (Å²) < 4.78 is 27.5. The minimum Gasteiger partial charge on any atom is -0.507 e. The molecule has 5 heterocycles. The summed E-state index contributed by atoms with van der Waals surface area (Å²) in [6.07, 6.45) is 0. The lowest BCUT2D eigenvalue weighted by Gasteiger charge is -2.25. The molecule has 0 amide bonds. The molecule has 16 aromatic carbocycles. The average Bonchev–Trinajstić information content (AvgIpc) is 1.60. The Morgan fingerprint density at radius 3 is 1.23 bits per heavy atom. The standard InChI is InChI=1S/C30H18ClNOS.C18H13NS.2C12H6BrClO.C12H8BrClO.C6H6BClO2.C6H4BrIO/c31-25-10-6-11-27-30(25)24-18-20(13-15-26(24)33-27)32(19-7-2-1-3-8-19)21-14-16-29-23(17-21)22-9-4-5-12-28(22)34-29;1-2-6-13(7-3-1)19-14-10-11-18-16(12-14)15-8-4-5-9-17(15)20-18;2*13-7-4-5-10-8(6-7)12-9(14)2-1-3-11(12)15-10;13-8-5-6-12(15)10(7-8)9-3-1-2-4-11(9)14;8-6-4-2-1-3-5(6)7(9)10;7-4-1-2-6(9)5(8)3-4/h1-18H;1-12,19H;2*1-6H;1-7,15H;1-4,9-10H;1-3,9H. The topological polar surface area (TPSA) is 136 Å². The second-order valence-electron chi connectivity index (χ2n) is 26.5. The SMILES string of the molecule is Clc1cccc2oc3ccc(Br)cc3c12.Clc1cccc2oc3ccc(Br)cc3c12.Clc1cccc2oc3ccc(N(c4ccccc4)c4ccc5sc6ccccc6c5c4)cc3c12.OB(O)c1ccccc1Cl.Oc1ccc(Br)cc1-c1ccccc1Cl.Oc1ccc(Br)cc1I.c1ccc(Nc2ccc3sc4ccccc4c3c2)cc1. The number of hydrogen-bond acceptors (Lipinski definition) is 11. The molecule has 21 rings (SSSR count). The molecule has 0 saturated heterocycles. The molecule has 9 nitrogen and oxygen atoms in total. The number of halogens is 10. The summed E-state index contributed by atoms with van der Waals surface area (Å²) >= 11 is 49.8. The maximum atomic E-state index is 9.73. The molecule has 0 fully saturated rings. The number of thiophene rings is 2. The smallest absolute Gasteiger partial charge is 0.489 e. The Balaban J connectivity index is 0.000000113. The number of fused-ring (bicyclic) bond motifs is 15. The number of furan rings is 3. The summed E-state index contributed by atoms with van der Waals surface area (Å²) in [7, 11) is -1.48. The van der Waals surface area contributed by atoms with E-state index < -0.39 is 7.12 Å². The van der Waals surface area contributed by atoms with Crippen LogP contribution in [-0.2, 0) is 0 Å². The summed E-state index contributed by atoms with van der Waals surface area (Å²) in [4.78, 5) is 2.29. The van der Waals surface area contributed by atoms with Gasteiger partial charge in [0.05, 0.1) is 18.6 Å². The van der Waals surface area contributed by atoms with Crippen molar-refractivity contribution in [3.8, 4) is 22.6 Å². The maximum Gasteiger partial charge on any atom is 0.489 e. The molecular formula is C96H61BBr4Cl5IN2O7S2. The van der Waals surface area contributed by atoms with Crippen molar-refractivity contribution in [3.63, 3.8) is 0 Å². The molecule has 0 radical (unpaired) electrons. The number of anilines is 5. The Hall–Kier alpha value is -9.36.